The molecule has 1 aromatic heterocycles. The summed E-state index contributed by atoms with van der Waals surface area (Å²) in [5.41, 5.74) is 0. The van der Waals surface area contributed by atoms with Gasteiger partial charge in [0.15, 0.2) is 0 Å². The van der Waals surface area contributed by atoms with E-state index in [1.807, 2.05) is 18.2 Å². The molecule has 0 N–H and O–H groups in total. The van der Waals surface area contributed by atoms with Crippen molar-refractivity contribution >= 4 is 11.1 Å². The van der Waals surface area contributed by atoms with Gasteiger partial charge in [-0.3, -0.25) is 4.21 Å². The molecule has 0 saturated carbocycles. The molecule has 0 radical (unpaired) electrons. The van der Waals surface area contributed by atoms with Crippen molar-refractivity contribution in [3.63, 3.8) is 0 Å². The van der Waals surface area contributed by atoms with E-state index in [0.717, 1.165) is 0 Å². The van der Waals surface area contributed by atoms with Gasteiger partial charge < -0.3 is 13.9 Å². The van der Waals surface area contributed by atoms with E-state index < -0.39 is 11.1 Å². The fourth-order valence-electron chi connectivity index (χ4n) is 1.19. The van der Waals surface area contributed by atoms with Gasteiger partial charge >= 0.3 is 0 Å². The zero-order valence-corrected chi connectivity index (χ0v) is 9.09. The molecule has 1 heterocycles. The molecule has 1 atom stereocenters. The topological polar surface area (TPSA) is 67.2 Å². The Morgan fingerprint density at radius 1 is 1.38 bits per heavy atom. The molecule has 1 unspecified atom stereocenters. The average Bonchev–Trinajstić information content (AvgIpc) is 2.66. The van der Waals surface area contributed by atoms with E-state index in [-0.39, 0.29) is 5.88 Å². The third-order valence-electron chi connectivity index (χ3n) is 1.83. The Hall–Kier alpha value is -1.66. The number of aromatic nitrogens is 2. The molecule has 0 aliphatic heterocycles. The zero-order chi connectivity index (χ0) is 11.4. The van der Waals surface area contributed by atoms with Crippen molar-refractivity contribution in [2.75, 3.05) is 0 Å². The fraction of sp³-hybridized carbons (Fsp3) is 0.100. The van der Waals surface area contributed by atoms with E-state index >= 15 is 0 Å². The van der Waals surface area contributed by atoms with Crippen LogP contribution >= 0.6 is 0 Å². The summed E-state index contributed by atoms with van der Waals surface area (Å²) in [6, 6.07) is 9.17. The number of para-hydroxylation sites is 1. The van der Waals surface area contributed by atoms with Gasteiger partial charge in [0, 0.05) is 0 Å². The first-order valence-corrected chi connectivity index (χ1v) is 5.79. The summed E-state index contributed by atoms with van der Waals surface area (Å²) in [5, 5.41) is 0. The second kappa shape index (κ2) is 4.91. The van der Waals surface area contributed by atoms with Gasteiger partial charge in [-0.15, -0.1) is 0 Å². The lowest BCUT2D eigenvalue weighted by Crippen LogP contribution is -2.00. The van der Waals surface area contributed by atoms with Gasteiger partial charge in [0.25, 0.3) is 0 Å². The lowest BCUT2D eigenvalue weighted by Gasteiger charge is -2.04. The normalized spacial score (nSPS) is 12.3. The Kier molecular flexibility index (Phi) is 3.33. The van der Waals surface area contributed by atoms with Crippen LogP contribution in [0.4, 0.5) is 0 Å². The van der Waals surface area contributed by atoms with Crippen LogP contribution in [0.2, 0.25) is 0 Å². The zero-order valence-electron chi connectivity index (χ0n) is 8.28. The molecule has 1 aromatic carbocycles. The molecule has 2 aromatic rings. The van der Waals surface area contributed by atoms with Gasteiger partial charge in [-0.25, -0.2) is 4.98 Å². The second-order valence-electron chi connectivity index (χ2n) is 3.07. The van der Waals surface area contributed by atoms with Crippen LogP contribution in [-0.4, -0.2) is 18.3 Å². The molecule has 16 heavy (non-hydrogen) atoms. The lowest BCUT2D eigenvalue weighted by molar-refractivity contribution is 0.465. The molecule has 0 bridgehead atoms. The maximum atomic E-state index is 10.4. The molecule has 0 aliphatic rings. The molecule has 6 heteroatoms. The van der Waals surface area contributed by atoms with E-state index in [2.05, 4.69) is 4.98 Å². The maximum Gasteiger partial charge on any atom is 0.237 e. The van der Waals surface area contributed by atoms with Crippen molar-refractivity contribution in [2.45, 2.75) is 5.88 Å². The van der Waals surface area contributed by atoms with Gasteiger partial charge in [-0.05, 0) is 23.2 Å². The van der Waals surface area contributed by atoms with Crippen LogP contribution in [-0.2, 0) is 17.0 Å². The van der Waals surface area contributed by atoms with Gasteiger partial charge in [0.05, 0.1) is 18.4 Å². The van der Waals surface area contributed by atoms with Crippen LogP contribution in [0.5, 0.6) is 11.6 Å². The highest BCUT2D eigenvalue weighted by atomic mass is 32.2. The Balaban J connectivity index is 2.06. The minimum absolute atomic E-state index is 0.120. The minimum Gasteiger partial charge on any atom is -0.771 e. The monoisotopic (exact) mass is 237 g/mol. The van der Waals surface area contributed by atoms with E-state index in [4.69, 9.17) is 4.74 Å². The van der Waals surface area contributed by atoms with E-state index in [0.29, 0.717) is 11.6 Å². The first-order valence-electron chi connectivity index (χ1n) is 4.54. The molecule has 0 amide bonds. The number of ether oxygens (including phenoxy) is 1. The summed E-state index contributed by atoms with van der Waals surface area (Å²) < 4.78 is 27.7. The summed E-state index contributed by atoms with van der Waals surface area (Å²) in [7, 11) is 0. The quantitative estimate of drug-likeness (QED) is 0.756. The highest BCUT2D eigenvalue weighted by Gasteiger charge is 2.00. The van der Waals surface area contributed by atoms with Gasteiger partial charge in [0.2, 0.25) is 5.88 Å². The Morgan fingerprint density at radius 2 is 2.12 bits per heavy atom. The third-order valence-corrected chi connectivity index (χ3v) is 2.34. The third kappa shape index (κ3) is 2.91. The number of benzene rings is 1. The molecule has 5 nitrogen and oxygen atoms in total. The molecular formula is C10H9N2O3S-. The summed E-state index contributed by atoms with van der Waals surface area (Å²) in [6.07, 6.45) is 2.94. The van der Waals surface area contributed by atoms with Gasteiger partial charge in [-0.1, -0.05) is 18.2 Å². The maximum absolute atomic E-state index is 10.4. The van der Waals surface area contributed by atoms with Crippen molar-refractivity contribution in [1.29, 1.82) is 0 Å². The fourth-order valence-corrected chi connectivity index (χ4v) is 1.58. The molecule has 0 saturated heterocycles. The molecule has 0 spiro atoms. The SMILES string of the molecule is O=S([O-])Cn1cnc(Oc2ccccc2)c1. The summed E-state index contributed by atoms with van der Waals surface area (Å²) in [6.45, 7) is 0. The van der Waals surface area contributed by atoms with Gasteiger partial charge in [-0.2, -0.15) is 0 Å². The predicted molar refractivity (Wildman–Crippen MR) is 57.7 cm³/mol. The van der Waals surface area contributed by atoms with Crippen molar-refractivity contribution in [1.82, 2.24) is 9.55 Å². The second-order valence-corrected chi connectivity index (χ2v) is 3.94. The Bertz CT molecular complexity index is 484. The Morgan fingerprint density at radius 3 is 2.81 bits per heavy atom. The number of nitrogens with zero attached hydrogens (tertiary/aromatic N) is 2. The molecule has 84 valence electrons. The molecule has 0 aliphatic carbocycles. The van der Waals surface area contributed by atoms with Crippen molar-refractivity contribution in [3.05, 3.63) is 42.9 Å². The smallest absolute Gasteiger partial charge is 0.237 e. The molecule has 2 rings (SSSR count). The predicted octanol–water partition coefficient (Wildman–Crippen LogP) is 1.51. The number of rotatable bonds is 4. The number of hydrogen-bond donors (Lipinski definition) is 0. The standard InChI is InChI=1S/C10H10N2O3S/c13-16(14)8-12-6-10(11-7-12)15-9-4-2-1-3-5-9/h1-7H,8H2,(H,13,14)/p-1. The lowest BCUT2D eigenvalue weighted by atomic mass is 10.3. The van der Waals surface area contributed by atoms with Crippen LogP contribution in [0.3, 0.4) is 0 Å². The van der Waals surface area contributed by atoms with Crippen molar-refractivity contribution in [3.8, 4) is 11.6 Å². The van der Waals surface area contributed by atoms with Crippen molar-refractivity contribution < 1.29 is 13.5 Å². The summed E-state index contributed by atoms with van der Waals surface area (Å²) in [5.74, 6) is 0.915. The molecule has 0 fully saturated rings. The first kappa shape index (κ1) is 10.8. The highest BCUT2D eigenvalue weighted by Crippen LogP contribution is 2.18. The van der Waals surface area contributed by atoms with E-state index in [1.54, 1.807) is 12.1 Å². The summed E-state index contributed by atoms with van der Waals surface area (Å²) in [4.78, 5) is 3.93. The molecular weight excluding hydrogens is 228 g/mol. The van der Waals surface area contributed by atoms with E-state index in [9.17, 15) is 8.76 Å². The van der Waals surface area contributed by atoms with Crippen LogP contribution in [0, 0.1) is 0 Å². The van der Waals surface area contributed by atoms with Crippen molar-refractivity contribution in [2.24, 2.45) is 0 Å². The van der Waals surface area contributed by atoms with Crippen LogP contribution < -0.4 is 4.74 Å². The minimum atomic E-state index is -2.13. The summed E-state index contributed by atoms with van der Waals surface area (Å²) >= 11 is -2.13. The van der Waals surface area contributed by atoms with Gasteiger partial charge in [0.1, 0.15) is 5.75 Å². The van der Waals surface area contributed by atoms with Crippen LogP contribution in [0.25, 0.3) is 0 Å². The highest BCUT2D eigenvalue weighted by molar-refractivity contribution is 7.78. The number of imidazole rings is 1. The Labute approximate surface area is 95.0 Å². The first-order chi connectivity index (χ1) is 7.74. The largest absolute Gasteiger partial charge is 0.771 e. The van der Waals surface area contributed by atoms with Crippen LogP contribution in [0.1, 0.15) is 0 Å². The van der Waals surface area contributed by atoms with E-state index in [1.165, 1.54) is 17.1 Å². The average molecular weight is 237 g/mol. The van der Waals surface area contributed by atoms with Crippen LogP contribution in [0.15, 0.2) is 42.9 Å². The number of hydrogen-bond acceptors (Lipinski definition) is 4.